The fourth-order valence-electron chi connectivity index (χ4n) is 2.17. The minimum absolute atomic E-state index is 0.571. The number of benzene rings is 1. The van der Waals surface area contributed by atoms with Crippen LogP contribution in [0.3, 0.4) is 0 Å². The zero-order chi connectivity index (χ0) is 13.9. The summed E-state index contributed by atoms with van der Waals surface area (Å²) in [6.45, 7) is 2.97. The molecular formula is C14H16N6. The van der Waals surface area contributed by atoms with Gasteiger partial charge in [0.1, 0.15) is 12.1 Å². The van der Waals surface area contributed by atoms with Crippen molar-refractivity contribution in [2.24, 2.45) is 0 Å². The quantitative estimate of drug-likeness (QED) is 0.786. The maximum Gasteiger partial charge on any atom is 0.169 e. The van der Waals surface area contributed by atoms with Crippen molar-refractivity contribution in [3.05, 3.63) is 42.9 Å². The Labute approximate surface area is 116 Å². The second-order valence-electron chi connectivity index (χ2n) is 4.54. The van der Waals surface area contributed by atoms with Crippen molar-refractivity contribution >= 4 is 5.82 Å². The molecule has 0 bridgehead atoms. The second kappa shape index (κ2) is 5.16. The van der Waals surface area contributed by atoms with Crippen LogP contribution in [0.25, 0.3) is 17.1 Å². The van der Waals surface area contributed by atoms with Gasteiger partial charge >= 0.3 is 0 Å². The number of hydrogen-bond donors (Lipinski definition) is 1. The van der Waals surface area contributed by atoms with Crippen LogP contribution in [0.1, 0.15) is 13.3 Å². The van der Waals surface area contributed by atoms with Gasteiger partial charge < -0.3 is 10.3 Å². The predicted molar refractivity (Wildman–Crippen MR) is 77.3 cm³/mol. The van der Waals surface area contributed by atoms with Gasteiger partial charge in [0.15, 0.2) is 5.82 Å². The summed E-state index contributed by atoms with van der Waals surface area (Å²) in [5.74, 6) is 1.33. The third kappa shape index (κ3) is 2.05. The number of anilines is 1. The molecule has 2 aromatic heterocycles. The number of para-hydroxylation sites is 1. The molecule has 0 amide bonds. The van der Waals surface area contributed by atoms with Gasteiger partial charge in [0, 0.05) is 6.54 Å². The molecule has 2 N–H and O–H groups in total. The van der Waals surface area contributed by atoms with Crippen molar-refractivity contribution in [3.63, 3.8) is 0 Å². The molecule has 0 spiro atoms. The molecule has 102 valence electrons. The highest BCUT2D eigenvalue weighted by Crippen LogP contribution is 2.25. The van der Waals surface area contributed by atoms with Gasteiger partial charge in [-0.15, -0.1) is 10.2 Å². The standard InChI is InChI=1S/C14H16N6/c1-2-8-19-10-16-18-14(19)12-9-17-20(13(12)15)11-6-4-3-5-7-11/h3-7,9-10H,2,8,15H2,1H3. The van der Waals surface area contributed by atoms with E-state index in [0.717, 1.165) is 30.0 Å². The molecule has 20 heavy (non-hydrogen) atoms. The van der Waals surface area contributed by atoms with E-state index >= 15 is 0 Å². The van der Waals surface area contributed by atoms with Crippen molar-refractivity contribution in [1.82, 2.24) is 24.5 Å². The van der Waals surface area contributed by atoms with Crippen molar-refractivity contribution in [3.8, 4) is 17.1 Å². The van der Waals surface area contributed by atoms with Gasteiger partial charge in [0.25, 0.3) is 0 Å². The molecule has 6 heteroatoms. The molecule has 3 rings (SSSR count). The highest BCUT2D eigenvalue weighted by Gasteiger charge is 2.15. The predicted octanol–water partition coefficient (Wildman–Crippen LogP) is 2.12. The Morgan fingerprint density at radius 1 is 1.20 bits per heavy atom. The van der Waals surface area contributed by atoms with E-state index < -0.39 is 0 Å². The third-order valence-electron chi connectivity index (χ3n) is 3.13. The van der Waals surface area contributed by atoms with Crippen LogP contribution in [0, 0.1) is 0 Å². The van der Waals surface area contributed by atoms with Gasteiger partial charge in [-0.2, -0.15) is 5.10 Å². The Morgan fingerprint density at radius 2 is 2.00 bits per heavy atom. The summed E-state index contributed by atoms with van der Waals surface area (Å²) in [6, 6.07) is 9.79. The first-order chi connectivity index (χ1) is 9.81. The first-order valence-corrected chi connectivity index (χ1v) is 6.58. The van der Waals surface area contributed by atoms with Gasteiger partial charge in [-0.3, -0.25) is 0 Å². The number of aromatic nitrogens is 5. The molecule has 1 aromatic carbocycles. The lowest BCUT2D eigenvalue weighted by Gasteiger charge is -2.06. The lowest BCUT2D eigenvalue weighted by molar-refractivity contribution is 0.683. The van der Waals surface area contributed by atoms with E-state index in [1.807, 2.05) is 34.9 Å². The number of nitrogens with two attached hydrogens (primary N) is 1. The zero-order valence-corrected chi connectivity index (χ0v) is 11.3. The van der Waals surface area contributed by atoms with E-state index in [1.165, 1.54) is 0 Å². The van der Waals surface area contributed by atoms with Crippen molar-refractivity contribution < 1.29 is 0 Å². The van der Waals surface area contributed by atoms with Crippen LogP contribution < -0.4 is 5.73 Å². The Morgan fingerprint density at radius 3 is 2.75 bits per heavy atom. The average molecular weight is 268 g/mol. The van der Waals surface area contributed by atoms with E-state index in [1.54, 1.807) is 17.2 Å². The van der Waals surface area contributed by atoms with E-state index in [-0.39, 0.29) is 0 Å². The number of aryl methyl sites for hydroxylation is 1. The zero-order valence-electron chi connectivity index (χ0n) is 11.3. The topological polar surface area (TPSA) is 74.5 Å². The molecular weight excluding hydrogens is 252 g/mol. The number of hydrogen-bond acceptors (Lipinski definition) is 4. The third-order valence-corrected chi connectivity index (χ3v) is 3.13. The molecule has 6 nitrogen and oxygen atoms in total. The second-order valence-corrected chi connectivity index (χ2v) is 4.54. The fraction of sp³-hybridized carbons (Fsp3) is 0.214. The summed E-state index contributed by atoms with van der Waals surface area (Å²) in [6.07, 6.45) is 4.47. The van der Waals surface area contributed by atoms with Crippen LogP contribution in [0.5, 0.6) is 0 Å². The fourth-order valence-corrected chi connectivity index (χ4v) is 2.17. The van der Waals surface area contributed by atoms with Gasteiger partial charge in [-0.25, -0.2) is 4.68 Å². The molecule has 0 aliphatic heterocycles. The molecule has 0 radical (unpaired) electrons. The van der Waals surface area contributed by atoms with Gasteiger partial charge in [0.2, 0.25) is 0 Å². The Bertz CT molecular complexity index is 698. The van der Waals surface area contributed by atoms with Crippen LogP contribution in [0.2, 0.25) is 0 Å². The largest absolute Gasteiger partial charge is 0.383 e. The number of rotatable bonds is 4. The lowest BCUT2D eigenvalue weighted by atomic mass is 10.3. The van der Waals surface area contributed by atoms with Gasteiger partial charge in [-0.05, 0) is 18.6 Å². The Hall–Kier alpha value is -2.63. The highest BCUT2D eigenvalue weighted by atomic mass is 15.3. The summed E-state index contributed by atoms with van der Waals surface area (Å²) in [4.78, 5) is 0. The van der Waals surface area contributed by atoms with Crippen LogP contribution in [0.15, 0.2) is 42.9 Å². The minimum atomic E-state index is 0.571. The minimum Gasteiger partial charge on any atom is -0.383 e. The average Bonchev–Trinajstić information content (AvgIpc) is 3.07. The first-order valence-electron chi connectivity index (χ1n) is 6.58. The molecule has 0 aliphatic rings. The van der Waals surface area contributed by atoms with Crippen molar-refractivity contribution in [2.45, 2.75) is 19.9 Å². The summed E-state index contributed by atoms with van der Waals surface area (Å²) in [7, 11) is 0. The Kier molecular flexibility index (Phi) is 3.20. The summed E-state index contributed by atoms with van der Waals surface area (Å²) in [5.41, 5.74) is 7.94. The van der Waals surface area contributed by atoms with Crippen molar-refractivity contribution in [2.75, 3.05) is 5.73 Å². The van der Waals surface area contributed by atoms with Crippen molar-refractivity contribution in [1.29, 1.82) is 0 Å². The van der Waals surface area contributed by atoms with E-state index in [0.29, 0.717) is 5.82 Å². The van der Waals surface area contributed by atoms with Crippen LogP contribution in [-0.2, 0) is 6.54 Å². The molecule has 0 fully saturated rings. The molecule has 3 aromatic rings. The normalized spacial score (nSPS) is 10.8. The molecule has 0 aliphatic carbocycles. The van der Waals surface area contributed by atoms with E-state index in [2.05, 4.69) is 22.2 Å². The maximum atomic E-state index is 6.21. The van der Waals surface area contributed by atoms with Crippen LogP contribution >= 0.6 is 0 Å². The smallest absolute Gasteiger partial charge is 0.169 e. The van der Waals surface area contributed by atoms with E-state index in [4.69, 9.17) is 5.73 Å². The maximum absolute atomic E-state index is 6.21. The highest BCUT2D eigenvalue weighted by molar-refractivity contribution is 5.69. The lowest BCUT2D eigenvalue weighted by Crippen LogP contribution is -2.04. The van der Waals surface area contributed by atoms with Gasteiger partial charge in [-0.1, -0.05) is 25.1 Å². The summed E-state index contributed by atoms with van der Waals surface area (Å²) >= 11 is 0. The summed E-state index contributed by atoms with van der Waals surface area (Å²) < 4.78 is 3.70. The van der Waals surface area contributed by atoms with Crippen LogP contribution in [-0.4, -0.2) is 24.5 Å². The number of nitrogens with zero attached hydrogens (tertiary/aromatic N) is 5. The molecule has 2 heterocycles. The van der Waals surface area contributed by atoms with Crippen LogP contribution in [0.4, 0.5) is 5.82 Å². The Balaban J connectivity index is 2.04. The summed E-state index contributed by atoms with van der Waals surface area (Å²) in [5, 5.41) is 12.5. The SMILES string of the molecule is CCCn1cnnc1-c1cnn(-c2ccccc2)c1N. The number of nitrogen functional groups attached to an aromatic ring is 1. The monoisotopic (exact) mass is 268 g/mol. The van der Waals surface area contributed by atoms with E-state index in [9.17, 15) is 0 Å². The first kappa shape index (κ1) is 12.4. The molecule has 0 atom stereocenters. The molecule has 0 unspecified atom stereocenters. The molecule has 0 saturated carbocycles. The molecule has 0 saturated heterocycles. The van der Waals surface area contributed by atoms with Gasteiger partial charge in [0.05, 0.1) is 17.4 Å².